The first-order chi connectivity index (χ1) is 15.5. The Kier molecular flexibility index (Phi) is 4.77. The lowest BCUT2D eigenvalue weighted by molar-refractivity contribution is -0.0199. The Hall–Kier alpha value is -3.94. The fourth-order valence-corrected chi connectivity index (χ4v) is 4.35. The van der Waals surface area contributed by atoms with E-state index in [1.165, 1.54) is 14.2 Å². The number of hydrogen-bond acceptors (Lipinski definition) is 7. The van der Waals surface area contributed by atoms with E-state index in [1.54, 1.807) is 12.1 Å². The van der Waals surface area contributed by atoms with Crippen LogP contribution in [0.15, 0.2) is 58.0 Å². The highest BCUT2D eigenvalue weighted by atomic mass is 16.5. The quantitative estimate of drug-likeness (QED) is 0.630. The predicted octanol–water partition coefficient (Wildman–Crippen LogP) is 4.55. The summed E-state index contributed by atoms with van der Waals surface area (Å²) in [4.78, 5) is 12.3. The van der Waals surface area contributed by atoms with Crippen molar-refractivity contribution in [2.45, 2.75) is 25.6 Å². The number of hydrogen-bond donors (Lipinski definition) is 1. The molecule has 1 aromatic heterocycles. The Balaban J connectivity index is 1.67. The molecule has 1 N–H and O–H groups in total. The maximum absolute atomic E-state index is 12.3. The van der Waals surface area contributed by atoms with Gasteiger partial charge in [-0.2, -0.15) is 5.10 Å². The Morgan fingerprint density at radius 3 is 2.59 bits per heavy atom. The van der Waals surface area contributed by atoms with Gasteiger partial charge in [0, 0.05) is 17.5 Å². The lowest BCUT2D eigenvalue weighted by Crippen LogP contribution is -2.34. The van der Waals surface area contributed by atoms with Crippen LogP contribution in [-0.2, 0) is 0 Å². The molecule has 2 aliphatic rings. The second kappa shape index (κ2) is 7.64. The SMILES string of the molecule is COc1ccc([C@H]2Oc3ccccc3[C@H]3CC(c4ccc(C)o4)=NN32)c(C(=O)O)c1OC. The van der Waals surface area contributed by atoms with Gasteiger partial charge in [0.05, 0.1) is 20.3 Å². The number of aryl methyl sites for hydroxylation is 1. The van der Waals surface area contributed by atoms with E-state index >= 15 is 0 Å². The predicted molar refractivity (Wildman–Crippen MR) is 115 cm³/mol. The molecule has 0 saturated heterocycles. The minimum Gasteiger partial charge on any atom is -0.493 e. The van der Waals surface area contributed by atoms with E-state index in [0.29, 0.717) is 29.2 Å². The Morgan fingerprint density at radius 1 is 1.09 bits per heavy atom. The molecule has 0 fully saturated rings. The van der Waals surface area contributed by atoms with Crippen LogP contribution in [0.4, 0.5) is 0 Å². The molecular formula is C24H22N2O6. The molecule has 0 saturated carbocycles. The number of carboxylic acid groups (broad SMARTS) is 1. The van der Waals surface area contributed by atoms with Crippen molar-refractivity contribution < 1.29 is 28.5 Å². The van der Waals surface area contributed by atoms with Gasteiger partial charge in [0.1, 0.15) is 28.5 Å². The number of aromatic carboxylic acids is 1. The molecule has 8 heteroatoms. The second-order valence-corrected chi connectivity index (χ2v) is 7.64. The number of ether oxygens (including phenoxy) is 3. The number of methoxy groups -OCH3 is 2. The van der Waals surface area contributed by atoms with E-state index in [2.05, 4.69) is 0 Å². The van der Waals surface area contributed by atoms with Gasteiger partial charge in [0.15, 0.2) is 11.5 Å². The number of rotatable bonds is 5. The van der Waals surface area contributed by atoms with Crippen LogP contribution in [-0.4, -0.2) is 36.0 Å². The fraction of sp³-hybridized carbons (Fsp3) is 0.250. The highest BCUT2D eigenvalue weighted by Gasteiger charge is 2.43. The standard InChI is InChI=1S/C24H22N2O6/c1-13-8-10-19(31-13)16-12-17-14-6-4-5-7-18(14)32-23(26(17)25-16)15-9-11-20(29-2)22(30-3)21(15)24(27)28/h4-11,17,23H,12H2,1-3H3,(H,27,28)/t17-,23-/m1/s1. The minimum absolute atomic E-state index is 0.0209. The van der Waals surface area contributed by atoms with E-state index in [9.17, 15) is 9.90 Å². The number of furan rings is 1. The van der Waals surface area contributed by atoms with Gasteiger partial charge in [0.25, 0.3) is 0 Å². The van der Waals surface area contributed by atoms with Crippen molar-refractivity contribution in [3.05, 3.63) is 76.7 Å². The number of para-hydroxylation sites is 1. The van der Waals surface area contributed by atoms with E-state index in [0.717, 1.165) is 17.0 Å². The first-order valence-electron chi connectivity index (χ1n) is 10.2. The van der Waals surface area contributed by atoms with Gasteiger partial charge in [-0.05, 0) is 37.3 Å². The van der Waals surface area contributed by atoms with Crippen molar-refractivity contribution in [3.8, 4) is 17.2 Å². The Morgan fingerprint density at radius 2 is 1.91 bits per heavy atom. The monoisotopic (exact) mass is 434 g/mol. The van der Waals surface area contributed by atoms with Crippen LogP contribution in [0.2, 0.25) is 0 Å². The van der Waals surface area contributed by atoms with Crippen LogP contribution in [0.25, 0.3) is 0 Å². The van der Waals surface area contributed by atoms with Crippen molar-refractivity contribution in [2.75, 3.05) is 14.2 Å². The zero-order chi connectivity index (χ0) is 22.4. The van der Waals surface area contributed by atoms with Gasteiger partial charge >= 0.3 is 5.97 Å². The largest absolute Gasteiger partial charge is 0.493 e. The van der Waals surface area contributed by atoms with Crippen LogP contribution in [0.5, 0.6) is 17.2 Å². The number of carboxylic acids is 1. The van der Waals surface area contributed by atoms with E-state index in [-0.39, 0.29) is 17.4 Å². The highest BCUT2D eigenvalue weighted by molar-refractivity contribution is 6.00. The van der Waals surface area contributed by atoms with E-state index < -0.39 is 12.2 Å². The lowest BCUT2D eigenvalue weighted by atomic mass is 9.96. The Bertz CT molecular complexity index is 1230. The average molecular weight is 434 g/mol. The van der Waals surface area contributed by atoms with Gasteiger partial charge in [-0.3, -0.25) is 0 Å². The van der Waals surface area contributed by atoms with Gasteiger partial charge in [0.2, 0.25) is 6.23 Å². The molecule has 5 rings (SSSR count). The second-order valence-electron chi connectivity index (χ2n) is 7.64. The summed E-state index contributed by atoms with van der Waals surface area (Å²) in [5.74, 6) is 1.52. The van der Waals surface area contributed by atoms with Gasteiger partial charge in [-0.25, -0.2) is 9.80 Å². The molecule has 164 valence electrons. The molecule has 3 aromatic rings. The molecule has 0 aliphatic carbocycles. The molecule has 0 spiro atoms. The number of nitrogens with zero attached hydrogens (tertiary/aromatic N) is 2. The summed E-state index contributed by atoms with van der Waals surface area (Å²) < 4.78 is 22.8. The van der Waals surface area contributed by atoms with Crippen LogP contribution in [0.3, 0.4) is 0 Å². The van der Waals surface area contributed by atoms with Crippen LogP contribution < -0.4 is 14.2 Å². The molecule has 0 unspecified atom stereocenters. The fourth-order valence-electron chi connectivity index (χ4n) is 4.35. The zero-order valence-electron chi connectivity index (χ0n) is 17.9. The lowest BCUT2D eigenvalue weighted by Gasteiger charge is -2.38. The summed E-state index contributed by atoms with van der Waals surface area (Å²) in [6, 6.07) is 14.8. The number of benzene rings is 2. The summed E-state index contributed by atoms with van der Waals surface area (Å²) in [7, 11) is 2.88. The van der Waals surface area contributed by atoms with Crippen LogP contribution in [0, 0.1) is 6.92 Å². The zero-order valence-corrected chi connectivity index (χ0v) is 17.9. The summed E-state index contributed by atoms with van der Waals surface area (Å²) in [6.07, 6.45) is -0.158. The molecule has 2 atom stereocenters. The summed E-state index contributed by atoms with van der Waals surface area (Å²) >= 11 is 0. The third kappa shape index (κ3) is 3.07. The van der Waals surface area contributed by atoms with Crippen LogP contribution >= 0.6 is 0 Å². The number of hydrazone groups is 1. The van der Waals surface area contributed by atoms with Gasteiger partial charge in [-0.1, -0.05) is 18.2 Å². The molecule has 8 nitrogen and oxygen atoms in total. The molecule has 2 aromatic carbocycles. The Labute approximate surface area is 184 Å². The summed E-state index contributed by atoms with van der Waals surface area (Å²) in [6.45, 7) is 1.89. The van der Waals surface area contributed by atoms with Crippen molar-refractivity contribution in [1.29, 1.82) is 0 Å². The van der Waals surface area contributed by atoms with Gasteiger partial charge in [-0.15, -0.1) is 0 Å². The molecular weight excluding hydrogens is 412 g/mol. The van der Waals surface area contributed by atoms with Crippen molar-refractivity contribution >= 4 is 11.7 Å². The first-order valence-corrected chi connectivity index (χ1v) is 10.2. The molecule has 32 heavy (non-hydrogen) atoms. The molecule has 2 aliphatic heterocycles. The normalized spacial score (nSPS) is 19.0. The van der Waals surface area contributed by atoms with Crippen molar-refractivity contribution in [3.63, 3.8) is 0 Å². The third-order valence-electron chi connectivity index (χ3n) is 5.78. The topological polar surface area (TPSA) is 93.7 Å². The molecule has 0 amide bonds. The maximum atomic E-state index is 12.3. The minimum atomic E-state index is -1.14. The molecule has 3 heterocycles. The van der Waals surface area contributed by atoms with E-state index in [4.69, 9.17) is 23.7 Å². The smallest absolute Gasteiger partial charge is 0.340 e. The first kappa shape index (κ1) is 20.0. The van der Waals surface area contributed by atoms with Crippen LogP contribution in [0.1, 0.15) is 51.7 Å². The molecule has 0 bridgehead atoms. The summed E-state index contributed by atoms with van der Waals surface area (Å²) in [5.41, 5.74) is 2.18. The maximum Gasteiger partial charge on any atom is 0.340 e. The van der Waals surface area contributed by atoms with Gasteiger partial charge < -0.3 is 23.7 Å². The number of carbonyl (C=O) groups is 1. The highest BCUT2D eigenvalue weighted by Crippen LogP contribution is 2.49. The average Bonchev–Trinajstić information content (AvgIpc) is 3.44. The summed E-state index contributed by atoms with van der Waals surface area (Å²) in [5, 5.41) is 16.7. The van der Waals surface area contributed by atoms with E-state index in [1.807, 2.05) is 48.3 Å². The number of fused-ring (bicyclic) bond motifs is 3. The third-order valence-corrected chi connectivity index (χ3v) is 5.78. The van der Waals surface area contributed by atoms with Crippen molar-refractivity contribution in [2.24, 2.45) is 5.10 Å². The van der Waals surface area contributed by atoms with Crippen molar-refractivity contribution in [1.82, 2.24) is 5.01 Å². The molecule has 0 radical (unpaired) electrons.